The summed E-state index contributed by atoms with van der Waals surface area (Å²) in [4.78, 5) is 0.536. The van der Waals surface area contributed by atoms with Gasteiger partial charge < -0.3 is 10.5 Å². The molecular weight excluding hydrogens is 362 g/mol. The van der Waals surface area contributed by atoms with Crippen LogP contribution in [0.4, 0.5) is 5.69 Å². The maximum absolute atomic E-state index is 12.5. The van der Waals surface area contributed by atoms with Crippen LogP contribution in [0.25, 0.3) is 0 Å². The maximum atomic E-state index is 12.5. The van der Waals surface area contributed by atoms with E-state index in [1.165, 1.54) is 0 Å². The Balaban J connectivity index is 2.32. The molecular formula is C14H13BrClNO2S. The zero-order chi connectivity index (χ0) is 14.7. The summed E-state index contributed by atoms with van der Waals surface area (Å²) in [6.07, 6.45) is 0. The van der Waals surface area contributed by atoms with E-state index in [1.54, 1.807) is 25.3 Å². The molecule has 0 saturated heterocycles. The number of benzene rings is 2. The first kappa shape index (κ1) is 15.4. The van der Waals surface area contributed by atoms with Crippen LogP contribution in [0.3, 0.4) is 0 Å². The van der Waals surface area contributed by atoms with Gasteiger partial charge >= 0.3 is 0 Å². The Morgan fingerprint density at radius 3 is 2.75 bits per heavy atom. The molecule has 0 fully saturated rings. The van der Waals surface area contributed by atoms with E-state index in [2.05, 4.69) is 15.9 Å². The topological polar surface area (TPSA) is 52.3 Å². The molecule has 2 rings (SSSR count). The third-order valence-corrected chi connectivity index (χ3v) is 5.07. The van der Waals surface area contributed by atoms with Crippen molar-refractivity contribution < 1.29 is 8.95 Å². The van der Waals surface area contributed by atoms with Crippen molar-refractivity contribution in [1.29, 1.82) is 0 Å². The van der Waals surface area contributed by atoms with E-state index in [0.29, 0.717) is 27.1 Å². The second kappa shape index (κ2) is 6.61. The van der Waals surface area contributed by atoms with Crippen LogP contribution in [-0.2, 0) is 16.6 Å². The van der Waals surface area contributed by atoms with Crippen molar-refractivity contribution in [2.24, 2.45) is 0 Å². The molecule has 0 spiro atoms. The van der Waals surface area contributed by atoms with Gasteiger partial charge in [-0.1, -0.05) is 27.5 Å². The van der Waals surface area contributed by atoms with Crippen molar-refractivity contribution in [3.63, 3.8) is 0 Å². The number of anilines is 1. The van der Waals surface area contributed by atoms with E-state index in [-0.39, 0.29) is 0 Å². The SMILES string of the molecule is COc1ccc(Br)cc1CS(=O)c1cc(N)ccc1Cl. The minimum Gasteiger partial charge on any atom is -0.496 e. The molecule has 2 N–H and O–H groups in total. The first-order valence-electron chi connectivity index (χ1n) is 5.77. The van der Waals surface area contributed by atoms with Gasteiger partial charge in [-0.15, -0.1) is 0 Å². The van der Waals surface area contributed by atoms with Crippen LogP contribution in [0.1, 0.15) is 5.56 Å². The third kappa shape index (κ3) is 3.53. The number of halogens is 2. The molecule has 0 radical (unpaired) electrons. The number of rotatable bonds is 4. The predicted molar refractivity (Wildman–Crippen MR) is 86.7 cm³/mol. The van der Waals surface area contributed by atoms with Gasteiger partial charge in [0.15, 0.2) is 0 Å². The molecule has 0 saturated carbocycles. The number of methoxy groups -OCH3 is 1. The van der Waals surface area contributed by atoms with E-state index in [0.717, 1.165) is 10.0 Å². The van der Waals surface area contributed by atoms with Gasteiger partial charge in [-0.05, 0) is 36.4 Å². The van der Waals surface area contributed by atoms with E-state index >= 15 is 0 Å². The second-order valence-corrected chi connectivity index (χ2v) is 6.88. The Labute approximate surface area is 133 Å². The standard InChI is InChI=1S/C14H13BrClNO2S/c1-19-13-5-2-10(15)6-9(13)8-20(18)14-7-11(17)3-4-12(14)16/h2-7H,8,17H2,1H3. The minimum atomic E-state index is -1.29. The average molecular weight is 375 g/mol. The van der Waals surface area contributed by atoms with E-state index in [4.69, 9.17) is 22.1 Å². The van der Waals surface area contributed by atoms with Crippen molar-refractivity contribution in [2.75, 3.05) is 12.8 Å². The number of hydrogen-bond acceptors (Lipinski definition) is 3. The summed E-state index contributed by atoms with van der Waals surface area (Å²) in [7, 11) is 0.297. The average Bonchev–Trinajstić information content (AvgIpc) is 2.41. The molecule has 2 aromatic carbocycles. The van der Waals surface area contributed by atoms with E-state index < -0.39 is 10.8 Å². The first-order valence-corrected chi connectivity index (χ1v) is 8.26. The number of nitrogen functional groups attached to an aromatic ring is 1. The summed E-state index contributed by atoms with van der Waals surface area (Å²) in [5, 5.41) is 0.450. The predicted octanol–water partition coefficient (Wildman–Crippen LogP) is 4.00. The minimum absolute atomic E-state index is 0.311. The molecule has 1 unspecified atom stereocenters. The lowest BCUT2D eigenvalue weighted by atomic mass is 10.2. The van der Waals surface area contributed by atoms with Gasteiger partial charge in [-0.3, -0.25) is 4.21 Å². The smallest absolute Gasteiger partial charge is 0.123 e. The second-order valence-electron chi connectivity index (χ2n) is 4.14. The molecule has 0 aliphatic rings. The third-order valence-electron chi connectivity index (χ3n) is 2.73. The molecule has 106 valence electrons. The number of nitrogens with two attached hydrogens (primary N) is 1. The summed E-state index contributed by atoms with van der Waals surface area (Å²) in [6, 6.07) is 10.6. The van der Waals surface area contributed by atoms with Crippen molar-refractivity contribution in [2.45, 2.75) is 10.6 Å². The Morgan fingerprint density at radius 2 is 2.05 bits per heavy atom. The van der Waals surface area contributed by atoms with Gasteiger partial charge in [0.25, 0.3) is 0 Å². The fourth-order valence-corrected chi connectivity index (χ4v) is 3.77. The largest absolute Gasteiger partial charge is 0.496 e. The normalized spacial score (nSPS) is 12.2. The quantitative estimate of drug-likeness (QED) is 0.823. The molecule has 0 bridgehead atoms. The van der Waals surface area contributed by atoms with Gasteiger partial charge in [-0.2, -0.15) is 0 Å². The zero-order valence-corrected chi connectivity index (χ0v) is 13.9. The molecule has 0 aliphatic heterocycles. The van der Waals surface area contributed by atoms with Gasteiger partial charge in [0.05, 0.1) is 33.6 Å². The fourth-order valence-electron chi connectivity index (χ4n) is 1.77. The van der Waals surface area contributed by atoms with Crippen LogP contribution in [0.5, 0.6) is 5.75 Å². The lowest BCUT2D eigenvalue weighted by Gasteiger charge is -2.10. The van der Waals surface area contributed by atoms with Gasteiger partial charge in [0, 0.05) is 15.7 Å². The molecule has 6 heteroatoms. The molecule has 0 aromatic heterocycles. The highest BCUT2D eigenvalue weighted by Gasteiger charge is 2.13. The Hall–Kier alpha value is -1.04. The van der Waals surface area contributed by atoms with Gasteiger partial charge in [0.2, 0.25) is 0 Å². The Kier molecular flexibility index (Phi) is 5.07. The molecule has 0 aliphatic carbocycles. The summed E-state index contributed by atoms with van der Waals surface area (Å²) in [6.45, 7) is 0. The molecule has 1 atom stereocenters. The van der Waals surface area contributed by atoms with Crippen LogP contribution >= 0.6 is 27.5 Å². The Morgan fingerprint density at radius 1 is 1.30 bits per heavy atom. The zero-order valence-electron chi connectivity index (χ0n) is 10.7. The molecule has 3 nitrogen and oxygen atoms in total. The van der Waals surface area contributed by atoms with E-state index in [1.807, 2.05) is 18.2 Å². The molecule has 2 aromatic rings. The van der Waals surface area contributed by atoms with Crippen LogP contribution in [0, 0.1) is 0 Å². The Bertz CT molecular complexity index is 664. The lowest BCUT2D eigenvalue weighted by Crippen LogP contribution is -2.01. The summed E-state index contributed by atoms with van der Waals surface area (Å²) < 4.78 is 18.7. The highest BCUT2D eigenvalue weighted by atomic mass is 79.9. The van der Waals surface area contributed by atoms with Crippen molar-refractivity contribution in [1.82, 2.24) is 0 Å². The van der Waals surface area contributed by atoms with Crippen molar-refractivity contribution in [3.05, 3.63) is 51.5 Å². The number of hydrogen-bond donors (Lipinski definition) is 1. The highest BCUT2D eigenvalue weighted by Crippen LogP contribution is 2.28. The first-order chi connectivity index (χ1) is 9.51. The van der Waals surface area contributed by atoms with Crippen molar-refractivity contribution >= 4 is 44.0 Å². The number of ether oxygens (including phenoxy) is 1. The summed E-state index contributed by atoms with van der Waals surface area (Å²) in [5.41, 5.74) is 7.10. The van der Waals surface area contributed by atoms with Crippen LogP contribution in [-0.4, -0.2) is 11.3 Å². The summed E-state index contributed by atoms with van der Waals surface area (Å²) in [5.74, 6) is 1.01. The summed E-state index contributed by atoms with van der Waals surface area (Å²) >= 11 is 9.47. The van der Waals surface area contributed by atoms with Gasteiger partial charge in [-0.25, -0.2) is 0 Å². The van der Waals surface area contributed by atoms with Crippen LogP contribution < -0.4 is 10.5 Å². The fraction of sp³-hybridized carbons (Fsp3) is 0.143. The monoisotopic (exact) mass is 373 g/mol. The molecule has 0 heterocycles. The molecule has 0 amide bonds. The maximum Gasteiger partial charge on any atom is 0.123 e. The molecule has 20 heavy (non-hydrogen) atoms. The van der Waals surface area contributed by atoms with Crippen molar-refractivity contribution in [3.8, 4) is 5.75 Å². The lowest BCUT2D eigenvalue weighted by molar-refractivity contribution is 0.411. The van der Waals surface area contributed by atoms with Crippen LogP contribution in [0.15, 0.2) is 45.8 Å². The van der Waals surface area contributed by atoms with E-state index in [9.17, 15) is 4.21 Å². The highest BCUT2D eigenvalue weighted by molar-refractivity contribution is 9.10. The van der Waals surface area contributed by atoms with Gasteiger partial charge in [0.1, 0.15) is 5.75 Å². The van der Waals surface area contributed by atoms with Crippen LogP contribution in [0.2, 0.25) is 5.02 Å².